The standard InChI is InChI=1S/C8H11N3/c1-11(2)8-5-3-7(10-9)4-6-8/h3-6,9H,1-2H3/p+1. The van der Waals surface area contributed by atoms with E-state index in [0.29, 0.717) is 0 Å². The summed E-state index contributed by atoms with van der Waals surface area (Å²) in [4.78, 5) is 2.03. The molecule has 3 nitrogen and oxygen atoms in total. The third kappa shape index (κ3) is 1.77. The molecule has 58 valence electrons. The summed E-state index contributed by atoms with van der Waals surface area (Å²) >= 11 is 0. The summed E-state index contributed by atoms with van der Waals surface area (Å²) in [5.74, 6) is 0. The molecule has 3 heteroatoms. The van der Waals surface area contributed by atoms with Gasteiger partial charge in [0.05, 0.1) is 0 Å². The second-order valence-electron chi connectivity index (χ2n) is 2.54. The second kappa shape index (κ2) is 3.14. The predicted octanol–water partition coefficient (Wildman–Crippen LogP) is 0.595. The minimum absolute atomic E-state index is 0.801. The predicted molar refractivity (Wildman–Crippen MR) is 44.8 cm³/mol. The van der Waals surface area contributed by atoms with Crippen LogP contribution in [-0.2, 0) is 0 Å². The van der Waals surface area contributed by atoms with Gasteiger partial charge in [-0.15, -0.1) is 0 Å². The van der Waals surface area contributed by atoms with Gasteiger partial charge in [-0.2, -0.15) is 5.53 Å². The molecule has 1 rings (SSSR count). The molecular weight excluding hydrogens is 138 g/mol. The number of hydrogen-bond donors (Lipinski definition) is 1. The average Bonchev–Trinajstić information content (AvgIpc) is 2.05. The molecule has 0 radical (unpaired) electrons. The SMILES string of the molecule is CN(C)c1ccc(N=[NH2+])cc1. The van der Waals surface area contributed by atoms with Crippen LogP contribution in [0.5, 0.6) is 0 Å². The van der Waals surface area contributed by atoms with Gasteiger partial charge in [0.2, 0.25) is 0 Å². The van der Waals surface area contributed by atoms with E-state index in [1.165, 1.54) is 0 Å². The van der Waals surface area contributed by atoms with Crippen molar-refractivity contribution in [1.82, 2.24) is 0 Å². The quantitative estimate of drug-likeness (QED) is 0.616. The third-order valence-electron chi connectivity index (χ3n) is 1.52. The van der Waals surface area contributed by atoms with Crippen LogP contribution in [0.4, 0.5) is 11.4 Å². The fraction of sp³-hybridized carbons (Fsp3) is 0.250. The zero-order chi connectivity index (χ0) is 8.27. The minimum Gasteiger partial charge on any atom is -0.378 e. The Labute approximate surface area is 66.2 Å². The van der Waals surface area contributed by atoms with Crippen molar-refractivity contribution in [2.75, 3.05) is 19.0 Å². The monoisotopic (exact) mass is 150 g/mol. The topological polar surface area (TPSA) is 41.2 Å². The molecule has 0 spiro atoms. The van der Waals surface area contributed by atoms with Gasteiger partial charge in [0.25, 0.3) is 0 Å². The molecule has 0 fully saturated rings. The first-order valence-corrected chi connectivity index (χ1v) is 3.42. The fourth-order valence-electron chi connectivity index (χ4n) is 0.837. The molecule has 0 aliphatic carbocycles. The first kappa shape index (κ1) is 7.72. The maximum Gasteiger partial charge on any atom is 0.130 e. The van der Waals surface area contributed by atoms with E-state index in [1.807, 2.05) is 43.3 Å². The number of nitrogens with zero attached hydrogens (tertiary/aromatic N) is 2. The number of hydrogen-bond acceptors (Lipinski definition) is 2. The van der Waals surface area contributed by atoms with Crippen LogP contribution in [0.15, 0.2) is 29.4 Å². The van der Waals surface area contributed by atoms with Gasteiger partial charge >= 0.3 is 0 Å². The van der Waals surface area contributed by atoms with Crippen LogP contribution in [-0.4, -0.2) is 14.1 Å². The van der Waals surface area contributed by atoms with Crippen molar-refractivity contribution in [3.63, 3.8) is 0 Å². The Morgan fingerprint density at radius 1 is 1.18 bits per heavy atom. The second-order valence-corrected chi connectivity index (χ2v) is 2.54. The van der Waals surface area contributed by atoms with Crippen LogP contribution in [0.25, 0.3) is 0 Å². The lowest BCUT2D eigenvalue weighted by molar-refractivity contribution is -0.210. The van der Waals surface area contributed by atoms with Crippen LogP contribution in [0.3, 0.4) is 0 Å². The summed E-state index contributed by atoms with van der Waals surface area (Å²) in [5, 5.41) is 3.55. The van der Waals surface area contributed by atoms with Gasteiger partial charge < -0.3 is 4.90 Å². The van der Waals surface area contributed by atoms with E-state index in [1.54, 1.807) is 0 Å². The summed E-state index contributed by atoms with van der Waals surface area (Å²) in [6.45, 7) is 0. The maximum absolute atomic E-state index is 5.09. The molecule has 0 aliphatic heterocycles. The molecule has 0 aliphatic rings. The Morgan fingerprint density at radius 2 is 1.73 bits per heavy atom. The van der Waals surface area contributed by atoms with E-state index in [4.69, 9.17) is 5.53 Å². The largest absolute Gasteiger partial charge is 0.378 e. The van der Waals surface area contributed by atoms with E-state index in [2.05, 4.69) is 5.11 Å². The molecule has 0 heterocycles. The van der Waals surface area contributed by atoms with Crippen molar-refractivity contribution < 1.29 is 5.53 Å². The maximum atomic E-state index is 5.09. The molecule has 0 bridgehead atoms. The summed E-state index contributed by atoms with van der Waals surface area (Å²) in [6.07, 6.45) is 0. The van der Waals surface area contributed by atoms with E-state index < -0.39 is 0 Å². The molecule has 2 N–H and O–H groups in total. The van der Waals surface area contributed by atoms with Crippen LogP contribution < -0.4 is 10.4 Å². The summed E-state index contributed by atoms with van der Waals surface area (Å²) < 4.78 is 0. The molecule has 0 unspecified atom stereocenters. The Hall–Kier alpha value is -1.38. The normalized spacial score (nSPS) is 9.27. The molecule has 0 amide bonds. The van der Waals surface area contributed by atoms with Crippen LogP contribution in [0, 0.1) is 0 Å². The molecule has 0 saturated heterocycles. The van der Waals surface area contributed by atoms with Crippen LogP contribution >= 0.6 is 0 Å². The van der Waals surface area contributed by atoms with Crippen molar-refractivity contribution in [3.8, 4) is 0 Å². The highest BCUT2D eigenvalue weighted by molar-refractivity contribution is 5.51. The van der Waals surface area contributed by atoms with Crippen molar-refractivity contribution in [3.05, 3.63) is 24.3 Å². The Balaban J connectivity index is 2.91. The van der Waals surface area contributed by atoms with Gasteiger partial charge in [-0.25, -0.2) is 0 Å². The lowest BCUT2D eigenvalue weighted by Crippen LogP contribution is -2.21. The highest BCUT2D eigenvalue weighted by Crippen LogP contribution is 2.16. The van der Waals surface area contributed by atoms with Gasteiger partial charge in [-0.3, -0.25) is 0 Å². The molecule has 11 heavy (non-hydrogen) atoms. The molecular formula is C8H12N3+. The Bertz CT molecular complexity index is 238. The Morgan fingerprint density at radius 3 is 2.09 bits per heavy atom. The zero-order valence-corrected chi connectivity index (χ0v) is 6.78. The van der Waals surface area contributed by atoms with Gasteiger partial charge in [-0.05, 0) is 29.4 Å². The van der Waals surface area contributed by atoms with Crippen LogP contribution in [0.2, 0.25) is 0 Å². The van der Waals surface area contributed by atoms with E-state index >= 15 is 0 Å². The van der Waals surface area contributed by atoms with Gasteiger partial charge in [0, 0.05) is 19.8 Å². The molecule has 0 aromatic heterocycles. The molecule has 0 atom stereocenters. The van der Waals surface area contributed by atoms with Gasteiger partial charge in [0.1, 0.15) is 5.69 Å². The van der Waals surface area contributed by atoms with Crippen molar-refractivity contribution in [2.45, 2.75) is 0 Å². The third-order valence-corrected chi connectivity index (χ3v) is 1.52. The fourth-order valence-corrected chi connectivity index (χ4v) is 0.837. The summed E-state index contributed by atoms with van der Waals surface area (Å²) in [5.41, 5.74) is 7.04. The highest BCUT2D eigenvalue weighted by atomic mass is 15.1. The van der Waals surface area contributed by atoms with E-state index in [-0.39, 0.29) is 0 Å². The number of rotatable bonds is 2. The molecule has 1 aromatic carbocycles. The van der Waals surface area contributed by atoms with Crippen molar-refractivity contribution in [2.24, 2.45) is 5.11 Å². The lowest BCUT2D eigenvalue weighted by atomic mass is 10.3. The highest BCUT2D eigenvalue weighted by Gasteiger charge is 1.94. The first-order chi connectivity index (χ1) is 5.24. The number of nitrogens with two attached hydrogens (primary N) is 1. The lowest BCUT2D eigenvalue weighted by Gasteiger charge is -2.10. The smallest absolute Gasteiger partial charge is 0.130 e. The van der Waals surface area contributed by atoms with Gasteiger partial charge in [0.15, 0.2) is 0 Å². The summed E-state index contributed by atoms with van der Waals surface area (Å²) in [7, 11) is 3.99. The van der Waals surface area contributed by atoms with E-state index in [0.717, 1.165) is 11.4 Å². The van der Waals surface area contributed by atoms with Crippen LogP contribution in [0.1, 0.15) is 0 Å². The van der Waals surface area contributed by atoms with Crippen molar-refractivity contribution in [1.29, 1.82) is 0 Å². The number of anilines is 1. The van der Waals surface area contributed by atoms with E-state index in [9.17, 15) is 0 Å². The van der Waals surface area contributed by atoms with Crippen molar-refractivity contribution >= 4 is 11.4 Å². The first-order valence-electron chi connectivity index (χ1n) is 3.42. The van der Waals surface area contributed by atoms with Gasteiger partial charge in [-0.1, -0.05) is 0 Å². The average molecular weight is 150 g/mol. The zero-order valence-electron chi connectivity index (χ0n) is 6.78. The Kier molecular flexibility index (Phi) is 2.21. The molecule has 0 saturated carbocycles. The number of benzene rings is 1. The molecule has 1 aromatic rings. The summed E-state index contributed by atoms with van der Waals surface area (Å²) in [6, 6.07) is 7.72. The minimum atomic E-state index is 0.801.